The van der Waals surface area contributed by atoms with E-state index in [4.69, 9.17) is 5.73 Å². The molecular weight excluding hydrogens is 262 g/mol. The van der Waals surface area contributed by atoms with Crippen molar-refractivity contribution in [1.82, 2.24) is 4.90 Å². The quantitative estimate of drug-likeness (QED) is 0.735. The monoisotopic (exact) mass is 291 g/mol. The van der Waals surface area contributed by atoms with E-state index in [9.17, 15) is 4.79 Å². The minimum Gasteiger partial charge on any atom is -0.326 e. The van der Waals surface area contributed by atoms with Gasteiger partial charge in [0.15, 0.2) is 0 Å². The van der Waals surface area contributed by atoms with Crippen LogP contribution in [0.25, 0.3) is 0 Å². The maximum Gasteiger partial charge on any atom is 0.224 e. The molecule has 3 N–H and O–H groups in total. The molecular formula is C17H29N3O. The number of hydrogen-bond donors (Lipinski definition) is 2. The van der Waals surface area contributed by atoms with Gasteiger partial charge in [-0.25, -0.2) is 0 Å². The van der Waals surface area contributed by atoms with Crippen molar-refractivity contribution >= 4 is 11.6 Å². The van der Waals surface area contributed by atoms with Crippen molar-refractivity contribution in [2.45, 2.75) is 52.1 Å². The molecule has 0 unspecified atom stereocenters. The number of amides is 1. The normalized spacial score (nSPS) is 11.1. The lowest BCUT2D eigenvalue weighted by Gasteiger charge is -2.25. The first-order chi connectivity index (χ1) is 10.1. The van der Waals surface area contributed by atoms with Gasteiger partial charge in [0, 0.05) is 24.7 Å². The molecule has 1 aromatic rings. The van der Waals surface area contributed by atoms with E-state index in [1.807, 2.05) is 24.3 Å². The van der Waals surface area contributed by atoms with Crippen molar-refractivity contribution < 1.29 is 4.79 Å². The van der Waals surface area contributed by atoms with E-state index in [-0.39, 0.29) is 5.91 Å². The van der Waals surface area contributed by atoms with Crippen LogP contribution < -0.4 is 11.1 Å². The summed E-state index contributed by atoms with van der Waals surface area (Å²) in [6.07, 6.45) is 3.75. The summed E-state index contributed by atoms with van der Waals surface area (Å²) in [6, 6.07) is 8.31. The van der Waals surface area contributed by atoms with E-state index >= 15 is 0 Å². The van der Waals surface area contributed by atoms with Gasteiger partial charge in [-0.15, -0.1) is 0 Å². The zero-order chi connectivity index (χ0) is 15.7. The molecule has 0 aliphatic heterocycles. The third-order valence-electron chi connectivity index (χ3n) is 3.93. The third kappa shape index (κ3) is 6.27. The van der Waals surface area contributed by atoms with Crippen molar-refractivity contribution in [1.29, 1.82) is 0 Å². The second-order valence-electron chi connectivity index (χ2n) is 5.51. The highest BCUT2D eigenvalue weighted by Crippen LogP contribution is 2.11. The van der Waals surface area contributed by atoms with E-state index in [0.29, 0.717) is 19.0 Å². The van der Waals surface area contributed by atoms with Crippen LogP contribution in [0.3, 0.4) is 0 Å². The lowest BCUT2D eigenvalue weighted by atomic mass is 10.1. The number of carbonyl (C=O) groups is 1. The number of rotatable bonds is 9. The van der Waals surface area contributed by atoms with Crippen LogP contribution in [-0.2, 0) is 11.3 Å². The largest absolute Gasteiger partial charge is 0.326 e. The fraction of sp³-hybridized carbons (Fsp3) is 0.588. The zero-order valence-corrected chi connectivity index (χ0v) is 13.6. The van der Waals surface area contributed by atoms with Gasteiger partial charge in [-0.1, -0.05) is 26.0 Å². The van der Waals surface area contributed by atoms with Crippen molar-refractivity contribution in [3.8, 4) is 0 Å². The van der Waals surface area contributed by atoms with Gasteiger partial charge in [0.1, 0.15) is 0 Å². The molecule has 4 heteroatoms. The van der Waals surface area contributed by atoms with Crippen LogP contribution in [-0.4, -0.2) is 30.4 Å². The second-order valence-corrected chi connectivity index (χ2v) is 5.51. The molecule has 0 saturated carbocycles. The van der Waals surface area contributed by atoms with Crippen LogP contribution >= 0.6 is 0 Å². The average Bonchev–Trinajstić information content (AvgIpc) is 2.48. The fourth-order valence-corrected chi connectivity index (χ4v) is 2.58. The summed E-state index contributed by atoms with van der Waals surface area (Å²) < 4.78 is 0. The molecule has 0 bridgehead atoms. The summed E-state index contributed by atoms with van der Waals surface area (Å²) in [6.45, 7) is 5.87. The SMILES string of the molecule is CCC(CC)N(C)CCCC(=O)Nc1cccc(CN)c1. The summed E-state index contributed by atoms with van der Waals surface area (Å²) in [4.78, 5) is 14.3. The standard InChI is InChI=1S/C17H29N3O/c1-4-16(5-2)20(3)11-7-10-17(21)19-15-9-6-8-14(12-15)13-18/h6,8-9,12,16H,4-5,7,10-11,13,18H2,1-3H3,(H,19,21). The second kappa shape index (κ2) is 9.53. The Bertz CT molecular complexity index is 430. The Labute approximate surface area is 128 Å². The zero-order valence-electron chi connectivity index (χ0n) is 13.6. The number of benzene rings is 1. The summed E-state index contributed by atoms with van der Waals surface area (Å²) in [5, 5.41) is 2.93. The van der Waals surface area contributed by atoms with Crippen LogP contribution in [0, 0.1) is 0 Å². The van der Waals surface area contributed by atoms with E-state index in [2.05, 4.69) is 31.1 Å². The Morgan fingerprint density at radius 2 is 2.05 bits per heavy atom. The Kier molecular flexibility index (Phi) is 8.01. The highest BCUT2D eigenvalue weighted by Gasteiger charge is 2.10. The summed E-state index contributed by atoms with van der Waals surface area (Å²) in [5.41, 5.74) is 7.46. The summed E-state index contributed by atoms with van der Waals surface area (Å²) >= 11 is 0. The number of nitrogens with two attached hydrogens (primary N) is 1. The highest BCUT2D eigenvalue weighted by atomic mass is 16.1. The number of carbonyl (C=O) groups excluding carboxylic acids is 1. The minimum atomic E-state index is 0.0714. The van der Waals surface area contributed by atoms with Gasteiger partial charge in [-0.2, -0.15) is 0 Å². The van der Waals surface area contributed by atoms with E-state index in [1.54, 1.807) is 0 Å². The topological polar surface area (TPSA) is 58.4 Å². The molecule has 0 spiro atoms. The van der Waals surface area contributed by atoms with Crippen LogP contribution in [0.4, 0.5) is 5.69 Å². The molecule has 0 aromatic heterocycles. The first kappa shape index (κ1) is 17.7. The molecule has 0 aliphatic rings. The van der Waals surface area contributed by atoms with Gasteiger partial charge >= 0.3 is 0 Å². The molecule has 1 rings (SSSR count). The third-order valence-corrected chi connectivity index (χ3v) is 3.93. The van der Waals surface area contributed by atoms with Gasteiger partial charge in [0.05, 0.1) is 0 Å². The maximum atomic E-state index is 11.9. The molecule has 0 radical (unpaired) electrons. The first-order valence-electron chi connectivity index (χ1n) is 7.89. The minimum absolute atomic E-state index is 0.0714. The van der Waals surface area contributed by atoms with Gasteiger partial charge in [0.2, 0.25) is 5.91 Å². The van der Waals surface area contributed by atoms with Crippen molar-refractivity contribution in [3.63, 3.8) is 0 Å². The Morgan fingerprint density at radius 1 is 1.33 bits per heavy atom. The molecule has 0 aliphatic carbocycles. The van der Waals surface area contributed by atoms with Crippen LogP contribution in [0.2, 0.25) is 0 Å². The van der Waals surface area contributed by atoms with Gasteiger partial charge < -0.3 is 16.0 Å². The van der Waals surface area contributed by atoms with Crippen molar-refractivity contribution in [2.24, 2.45) is 5.73 Å². The Hall–Kier alpha value is -1.39. The molecule has 1 aromatic carbocycles. The molecule has 118 valence electrons. The maximum absolute atomic E-state index is 11.9. The molecule has 1 amide bonds. The van der Waals surface area contributed by atoms with Crippen molar-refractivity contribution in [3.05, 3.63) is 29.8 Å². The smallest absolute Gasteiger partial charge is 0.224 e. The Balaban J connectivity index is 2.34. The molecule has 4 nitrogen and oxygen atoms in total. The van der Waals surface area contributed by atoms with E-state index < -0.39 is 0 Å². The van der Waals surface area contributed by atoms with Crippen LogP contribution in [0.15, 0.2) is 24.3 Å². The first-order valence-corrected chi connectivity index (χ1v) is 7.89. The number of hydrogen-bond acceptors (Lipinski definition) is 3. The summed E-state index contributed by atoms with van der Waals surface area (Å²) in [5.74, 6) is 0.0714. The fourth-order valence-electron chi connectivity index (χ4n) is 2.58. The van der Waals surface area contributed by atoms with Crippen LogP contribution in [0.5, 0.6) is 0 Å². The molecule has 0 fully saturated rings. The van der Waals surface area contributed by atoms with Gasteiger partial charge in [-0.3, -0.25) is 4.79 Å². The molecule has 0 saturated heterocycles. The lowest BCUT2D eigenvalue weighted by Crippen LogP contribution is -2.31. The van der Waals surface area contributed by atoms with E-state index in [0.717, 1.165) is 37.1 Å². The molecule has 0 atom stereocenters. The number of nitrogens with zero attached hydrogens (tertiary/aromatic N) is 1. The summed E-state index contributed by atoms with van der Waals surface area (Å²) in [7, 11) is 2.14. The van der Waals surface area contributed by atoms with Crippen molar-refractivity contribution in [2.75, 3.05) is 18.9 Å². The predicted octanol–water partition coefficient (Wildman–Crippen LogP) is 2.98. The predicted molar refractivity (Wildman–Crippen MR) is 89.2 cm³/mol. The Morgan fingerprint density at radius 3 is 2.67 bits per heavy atom. The highest BCUT2D eigenvalue weighted by molar-refractivity contribution is 5.90. The van der Waals surface area contributed by atoms with Gasteiger partial charge in [0.25, 0.3) is 0 Å². The van der Waals surface area contributed by atoms with Gasteiger partial charge in [-0.05, 0) is 50.6 Å². The number of anilines is 1. The molecule has 0 heterocycles. The van der Waals surface area contributed by atoms with E-state index in [1.165, 1.54) is 0 Å². The number of nitrogens with one attached hydrogen (secondary N) is 1. The van der Waals surface area contributed by atoms with Crippen LogP contribution in [0.1, 0.15) is 45.1 Å². The lowest BCUT2D eigenvalue weighted by molar-refractivity contribution is -0.116. The average molecular weight is 291 g/mol. The molecule has 21 heavy (non-hydrogen) atoms.